The number of aromatic nitrogens is 4. The van der Waals surface area contributed by atoms with Crippen LogP contribution in [0.5, 0.6) is 0 Å². The molecule has 0 saturated carbocycles. The summed E-state index contributed by atoms with van der Waals surface area (Å²) in [6.07, 6.45) is -1.60. The zero-order valence-electron chi connectivity index (χ0n) is 15.7. The minimum Gasteiger partial charge on any atom is -0.465 e. The molecule has 2 heterocycles. The summed E-state index contributed by atoms with van der Waals surface area (Å²) in [6, 6.07) is 16.4. The van der Waals surface area contributed by atoms with Crippen molar-refractivity contribution in [1.82, 2.24) is 20.2 Å². The Bertz CT molecular complexity index is 1200. The fourth-order valence-corrected chi connectivity index (χ4v) is 2.79. The summed E-state index contributed by atoms with van der Waals surface area (Å²) >= 11 is 0. The van der Waals surface area contributed by atoms with Gasteiger partial charge in [0.2, 0.25) is 0 Å². The summed E-state index contributed by atoms with van der Waals surface area (Å²) in [6.45, 7) is 0. The van der Waals surface area contributed by atoms with Crippen molar-refractivity contribution in [3.05, 3.63) is 84.3 Å². The molecule has 0 atom stereocenters. The molecule has 2 aromatic carbocycles. The standard InChI is InChI=1S/C21H14F3N5O2/c22-21(23,24)15-8-10-16(11-9-15)25-20(30)18(13-17-7-4-12-31-17)29-19(26-27-28-29)14-5-2-1-3-6-14/h1-13H,(H,25,30). The van der Waals surface area contributed by atoms with Gasteiger partial charge in [0.15, 0.2) is 5.82 Å². The van der Waals surface area contributed by atoms with Gasteiger partial charge in [0.05, 0.1) is 11.8 Å². The second kappa shape index (κ2) is 8.27. The van der Waals surface area contributed by atoms with E-state index in [9.17, 15) is 18.0 Å². The minimum absolute atomic E-state index is 0.0127. The average Bonchev–Trinajstić information content (AvgIpc) is 3.44. The lowest BCUT2D eigenvalue weighted by atomic mass is 10.2. The maximum absolute atomic E-state index is 13.0. The molecular weight excluding hydrogens is 411 g/mol. The first-order valence-corrected chi connectivity index (χ1v) is 9.00. The molecule has 0 aliphatic heterocycles. The third-order valence-corrected chi connectivity index (χ3v) is 4.25. The number of hydrogen-bond donors (Lipinski definition) is 1. The molecule has 156 valence electrons. The van der Waals surface area contributed by atoms with Gasteiger partial charge in [0.1, 0.15) is 11.5 Å². The number of benzene rings is 2. The summed E-state index contributed by atoms with van der Waals surface area (Å²) in [5.74, 6) is 0.0358. The smallest absolute Gasteiger partial charge is 0.416 e. The van der Waals surface area contributed by atoms with E-state index in [4.69, 9.17) is 4.42 Å². The van der Waals surface area contributed by atoms with Gasteiger partial charge in [0.25, 0.3) is 5.91 Å². The molecule has 2 aromatic heterocycles. The van der Waals surface area contributed by atoms with Gasteiger partial charge in [-0.2, -0.15) is 17.9 Å². The van der Waals surface area contributed by atoms with Gasteiger partial charge in [-0.25, -0.2) is 0 Å². The third kappa shape index (κ3) is 4.53. The van der Waals surface area contributed by atoms with E-state index in [2.05, 4.69) is 20.8 Å². The molecule has 7 nitrogen and oxygen atoms in total. The quantitative estimate of drug-likeness (QED) is 0.473. The first kappa shape index (κ1) is 20.1. The molecule has 0 aliphatic carbocycles. The number of nitrogens with zero attached hydrogens (tertiary/aromatic N) is 4. The first-order valence-electron chi connectivity index (χ1n) is 9.00. The molecule has 0 radical (unpaired) electrons. The lowest BCUT2D eigenvalue weighted by Gasteiger charge is -2.11. The van der Waals surface area contributed by atoms with E-state index in [-0.39, 0.29) is 11.4 Å². The highest BCUT2D eigenvalue weighted by molar-refractivity contribution is 6.24. The van der Waals surface area contributed by atoms with Crippen LogP contribution in [0.1, 0.15) is 11.3 Å². The van der Waals surface area contributed by atoms with E-state index in [1.807, 2.05) is 6.07 Å². The molecule has 0 saturated heterocycles. The second-order valence-corrected chi connectivity index (χ2v) is 6.35. The number of carbonyl (C=O) groups is 1. The van der Waals surface area contributed by atoms with Gasteiger partial charge in [-0.05, 0) is 46.8 Å². The second-order valence-electron chi connectivity index (χ2n) is 6.35. The van der Waals surface area contributed by atoms with Gasteiger partial charge < -0.3 is 9.73 Å². The van der Waals surface area contributed by atoms with Gasteiger partial charge in [-0.15, -0.1) is 5.10 Å². The Morgan fingerprint density at radius 2 is 1.74 bits per heavy atom. The van der Waals surface area contributed by atoms with Crippen LogP contribution in [0.15, 0.2) is 77.4 Å². The number of tetrazole rings is 1. The highest BCUT2D eigenvalue weighted by Gasteiger charge is 2.30. The van der Waals surface area contributed by atoms with Crippen LogP contribution in [0.25, 0.3) is 23.2 Å². The predicted molar refractivity (Wildman–Crippen MR) is 106 cm³/mol. The van der Waals surface area contributed by atoms with Crippen LogP contribution in [0.2, 0.25) is 0 Å². The molecular formula is C21H14F3N5O2. The van der Waals surface area contributed by atoms with E-state index in [1.54, 1.807) is 36.4 Å². The number of halogens is 3. The molecule has 1 N–H and O–H groups in total. The van der Waals surface area contributed by atoms with Crippen molar-refractivity contribution in [2.45, 2.75) is 6.18 Å². The molecule has 0 unspecified atom stereocenters. The van der Waals surface area contributed by atoms with E-state index in [0.717, 1.165) is 12.1 Å². The Labute approximate surface area is 173 Å². The highest BCUT2D eigenvalue weighted by Crippen LogP contribution is 2.30. The number of rotatable bonds is 5. The fraction of sp³-hybridized carbons (Fsp3) is 0.0476. The van der Waals surface area contributed by atoms with E-state index in [0.29, 0.717) is 17.1 Å². The number of anilines is 1. The molecule has 10 heteroatoms. The molecule has 0 aliphatic rings. The number of alkyl halides is 3. The molecule has 0 bridgehead atoms. The maximum Gasteiger partial charge on any atom is 0.416 e. The van der Waals surface area contributed by atoms with Crippen molar-refractivity contribution in [2.75, 3.05) is 5.32 Å². The maximum atomic E-state index is 13.0. The summed E-state index contributed by atoms with van der Waals surface area (Å²) in [7, 11) is 0. The topological polar surface area (TPSA) is 85.8 Å². The Kier molecular flexibility index (Phi) is 5.35. The number of nitrogens with one attached hydrogen (secondary N) is 1. The molecule has 4 rings (SSSR count). The van der Waals surface area contributed by atoms with Crippen LogP contribution < -0.4 is 5.32 Å². The van der Waals surface area contributed by atoms with Gasteiger partial charge in [-0.3, -0.25) is 4.79 Å². The number of hydrogen-bond acceptors (Lipinski definition) is 5. The minimum atomic E-state index is -4.47. The van der Waals surface area contributed by atoms with E-state index in [1.165, 1.54) is 29.2 Å². The highest BCUT2D eigenvalue weighted by atomic mass is 19.4. The van der Waals surface area contributed by atoms with Crippen LogP contribution in [0.4, 0.5) is 18.9 Å². The van der Waals surface area contributed by atoms with Crippen LogP contribution >= 0.6 is 0 Å². The van der Waals surface area contributed by atoms with Crippen molar-refractivity contribution < 1.29 is 22.4 Å². The van der Waals surface area contributed by atoms with Crippen molar-refractivity contribution in [3.63, 3.8) is 0 Å². The Morgan fingerprint density at radius 1 is 1.00 bits per heavy atom. The van der Waals surface area contributed by atoms with Crippen LogP contribution in [0, 0.1) is 0 Å². The molecule has 4 aromatic rings. The zero-order chi connectivity index (χ0) is 21.8. The van der Waals surface area contributed by atoms with Crippen molar-refractivity contribution in [3.8, 4) is 11.4 Å². The zero-order valence-corrected chi connectivity index (χ0v) is 15.7. The summed E-state index contributed by atoms with van der Waals surface area (Å²) < 4.78 is 44.9. The van der Waals surface area contributed by atoms with E-state index < -0.39 is 17.6 Å². The lowest BCUT2D eigenvalue weighted by molar-refractivity contribution is -0.137. The number of carbonyl (C=O) groups excluding carboxylic acids is 1. The average molecular weight is 425 g/mol. The Morgan fingerprint density at radius 3 is 2.39 bits per heavy atom. The monoisotopic (exact) mass is 425 g/mol. The third-order valence-electron chi connectivity index (χ3n) is 4.25. The van der Waals surface area contributed by atoms with Gasteiger partial charge >= 0.3 is 6.18 Å². The summed E-state index contributed by atoms with van der Waals surface area (Å²) in [4.78, 5) is 13.0. The van der Waals surface area contributed by atoms with Crippen LogP contribution in [0.3, 0.4) is 0 Å². The SMILES string of the molecule is O=C(Nc1ccc(C(F)(F)F)cc1)C(=Cc1ccco1)n1nnnc1-c1ccccc1. The summed E-state index contributed by atoms with van der Waals surface area (Å²) in [5, 5.41) is 14.1. The van der Waals surface area contributed by atoms with Gasteiger partial charge in [0, 0.05) is 17.3 Å². The lowest BCUT2D eigenvalue weighted by Crippen LogP contribution is -2.19. The molecule has 31 heavy (non-hydrogen) atoms. The molecule has 1 amide bonds. The molecule has 0 fully saturated rings. The van der Waals surface area contributed by atoms with Crippen molar-refractivity contribution in [1.29, 1.82) is 0 Å². The Balaban J connectivity index is 1.69. The predicted octanol–water partition coefficient (Wildman–Crippen LogP) is 4.59. The van der Waals surface area contributed by atoms with Gasteiger partial charge in [-0.1, -0.05) is 30.3 Å². The van der Waals surface area contributed by atoms with Crippen molar-refractivity contribution >= 4 is 23.4 Å². The van der Waals surface area contributed by atoms with Crippen LogP contribution in [-0.2, 0) is 11.0 Å². The summed E-state index contributed by atoms with van der Waals surface area (Å²) in [5.41, 5.74) is 0.0419. The first-order chi connectivity index (χ1) is 14.9. The number of amides is 1. The van der Waals surface area contributed by atoms with Crippen LogP contribution in [-0.4, -0.2) is 26.1 Å². The molecule has 0 spiro atoms. The largest absolute Gasteiger partial charge is 0.465 e. The normalized spacial score (nSPS) is 12.0. The fourth-order valence-electron chi connectivity index (χ4n) is 2.79. The Hall–Kier alpha value is -4.21. The van der Waals surface area contributed by atoms with E-state index >= 15 is 0 Å². The van der Waals surface area contributed by atoms with Crippen molar-refractivity contribution in [2.24, 2.45) is 0 Å². The number of furan rings is 1.